The van der Waals surface area contributed by atoms with E-state index in [4.69, 9.17) is 0 Å². The second-order valence-electron chi connectivity index (χ2n) is 5.86. The Balaban J connectivity index is 1.64. The van der Waals surface area contributed by atoms with Gasteiger partial charge in [-0.05, 0) is 30.7 Å². The summed E-state index contributed by atoms with van der Waals surface area (Å²) in [4.78, 5) is 26.5. The van der Waals surface area contributed by atoms with Gasteiger partial charge < -0.3 is 10.2 Å². The van der Waals surface area contributed by atoms with Gasteiger partial charge in [-0.15, -0.1) is 0 Å². The molecule has 3 rings (SSSR count). The van der Waals surface area contributed by atoms with Gasteiger partial charge in [0, 0.05) is 18.5 Å². The van der Waals surface area contributed by atoms with Crippen molar-refractivity contribution in [3.63, 3.8) is 0 Å². The summed E-state index contributed by atoms with van der Waals surface area (Å²) in [5.41, 5.74) is 1.92. The first kappa shape index (κ1) is 17.6. The fraction of sp³-hybridized carbons (Fsp3) is 0.211. The number of H-pyrrole nitrogens is 1. The lowest BCUT2D eigenvalue weighted by Gasteiger charge is -2.20. The first-order chi connectivity index (χ1) is 12.6. The molecule has 0 unspecified atom stereocenters. The van der Waals surface area contributed by atoms with Crippen LogP contribution in [0.5, 0.6) is 0 Å². The third kappa shape index (κ3) is 3.88. The summed E-state index contributed by atoms with van der Waals surface area (Å²) in [6.07, 6.45) is 1.65. The Bertz CT molecular complexity index is 921. The topological polar surface area (TPSA) is 78.1 Å². The lowest BCUT2D eigenvalue weighted by Crippen LogP contribution is -2.40. The molecule has 1 aromatic heterocycles. The number of hydrogen-bond donors (Lipinski definition) is 2. The van der Waals surface area contributed by atoms with E-state index in [1.807, 2.05) is 13.0 Å². The average molecular weight is 354 g/mol. The van der Waals surface area contributed by atoms with E-state index in [0.717, 1.165) is 10.9 Å². The van der Waals surface area contributed by atoms with Crippen LogP contribution in [0.3, 0.4) is 0 Å². The summed E-state index contributed by atoms with van der Waals surface area (Å²) in [5.74, 6) is -0.837. The van der Waals surface area contributed by atoms with Gasteiger partial charge in [0.15, 0.2) is 0 Å². The Hall–Kier alpha value is -3.22. The Morgan fingerprint density at radius 1 is 1.19 bits per heavy atom. The second-order valence-corrected chi connectivity index (χ2v) is 5.86. The molecule has 6 nitrogen and oxygen atoms in total. The Kier molecular flexibility index (Phi) is 5.26. The van der Waals surface area contributed by atoms with Crippen molar-refractivity contribution in [3.05, 3.63) is 65.6 Å². The van der Waals surface area contributed by atoms with Crippen molar-refractivity contribution < 1.29 is 14.0 Å². The number of fused-ring (bicyclic) bond motifs is 1. The van der Waals surface area contributed by atoms with E-state index in [0.29, 0.717) is 17.6 Å². The fourth-order valence-electron chi connectivity index (χ4n) is 2.68. The highest BCUT2D eigenvalue weighted by molar-refractivity contribution is 6.06. The van der Waals surface area contributed by atoms with Crippen molar-refractivity contribution in [1.29, 1.82) is 0 Å². The molecule has 2 aromatic carbocycles. The van der Waals surface area contributed by atoms with Crippen LogP contribution in [-0.4, -0.2) is 40.0 Å². The van der Waals surface area contributed by atoms with Crippen LogP contribution >= 0.6 is 0 Å². The van der Waals surface area contributed by atoms with Gasteiger partial charge in [0.05, 0.1) is 23.8 Å². The zero-order valence-electron chi connectivity index (χ0n) is 14.3. The Morgan fingerprint density at radius 3 is 2.69 bits per heavy atom. The van der Waals surface area contributed by atoms with Gasteiger partial charge in [-0.25, -0.2) is 4.39 Å². The smallest absolute Gasteiger partial charge is 0.256 e. The number of halogens is 1. The molecular weight excluding hydrogens is 335 g/mol. The number of para-hydroxylation sites is 1. The van der Waals surface area contributed by atoms with E-state index in [2.05, 4.69) is 15.5 Å². The molecule has 0 bridgehead atoms. The average Bonchev–Trinajstić information content (AvgIpc) is 3.14. The van der Waals surface area contributed by atoms with Crippen LogP contribution in [0.4, 0.5) is 4.39 Å². The van der Waals surface area contributed by atoms with Gasteiger partial charge in [-0.1, -0.05) is 24.3 Å². The zero-order chi connectivity index (χ0) is 18.5. The number of carbonyl (C=O) groups is 2. The third-order valence-electron chi connectivity index (χ3n) is 4.11. The van der Waals surface area contributed by atoms with Gasteiger partial charge in [0.25, 0.3) is 5.91 Å². The van der Waals surface area contributed by atoms with Crippen LogP contribution in [0.25, 0.3) is 10.9 Å². The number of hydrogen-bond acceptors (Lipinski definition) is 3. The van der Waals surface area contributed by atoms with Crippen LogP contribution in [0.15, 0.2) is 48.7 Å². The van der Waals surface area contributed by atoms with Crippen molar-refractivity contribution >= 4 is 22.7 Å². The maximum atomic E-state index is 12.9. The van der Waals surface area contributed by atoms with Gasteiger partial charge in [0.2, 0.25) is 5.91 Å². The predicted octanol–water partition coefficient (Wildman–Crippen LogP) is 2.48. The highest BCUT2D eigenvalue weighted by atomic mass is 19.1. The molecule has 2 N–H and O–H groups in total. The van der Waals surface area contributed by atoms with Crippen molar-refractivity contribution in [3.8, 4) is 0 Å². The molecule has 0 aliphatic carbocycles. The van der Waals surface area contributed by atoms with Crippen LogP contribution in [-0.2, 0) is 11.3 Å². The molecule has 26 heavy (non-hydrogen) atoms. The molecule has 0 aliphatic rings. The quantitative estimate of drug-likeness (QED) is 0.714. The maximum Gasteiger partial charge on any atom is 0.256 e. The highest BCUT2D eigenvalue weighted by Gasteiger charge is 2.19. The Morgan fingerprint density at radius 2 is 1.96 bits per heavy atom. The molecule has 134 valence electrons. The fourth-order valence-corrected chi connectivity index (χ4v) is 2.68. The largest absolute Gasteiger partial charge is 0.350 e. The molecule has 1 heterocycles. The molecular formula is C19H19FN4O2. The SMILES string of the molecule is CCN(CC(=O)NCc1ccc(F)cc1)C(=O)c1cccc2cn[nH]c12. The lowest BCUT2D eigenvalue weighted by molar-refractivity contribution is -0.121. The molecule has 2 amide bonds. The summed E-state index contributed by atoms with van der Waals surface area (Å²) in [5, 5.41) is 10.4. The standard InChI is InChI=1S/C19H19FN4O2/c1-2-24(12-17(25)21-10-13-6-8-15(20)9-7-13)19(26)16-5-3-4-14-11-22-23-18(14)16/h3-9,11H,2,10,12H2,1H3,(H,21,25)(H,22,23). The number of aromatic nitrogens is 2. The van der Waals surface area contributed by atoms with Gasteiger partial charge >= 0.3 is 0 Å². The molecule has 0 spiro atoms. The zero-order valence-corrected chi connectivity index (χ0v) is 14.3. The third-order valence-corrected chi connectivity index (χ3v) is 4.11. The minimum absolute atomic E-state index is 0.0545. The van der Waals surface area contributed by atoms with Gasteiger partial charge in [-0.2, -0.15) is 5.10 Å². The first-order valence-corrected chi connectivity index (χ1v) is 8.31. The summed E-state index contributed by atoms with van der Waals surface area (Å²) in [7, 11) is 0. The van der Waals surface area contributed by atoms with E-state index in [-0.39, 0.29) is 30.7 Å². The number of nitrogens with zero attached hydrogens (tertiary/aromatic N) is 2. The van der Waals surface area contributed by atoms with Gasteiger partial charge in [-0.3, -0.25) is 14.7 Å². The first-order valence-electron chi connectivity index (χ1n) is 8.31. The molecule has 0 saturated heterocycles. The molecule has 0 aliphatic heterocycles. The minimum Gasteiger partial charge on any atom is -0.350 e. The van der Waals surface area contributed by atoms with Crippen LogP contribution in [0.1, 0.15) is 22.8 Å². The summed E-state index contributed by atoms with van der Waals surface area (Å²) < 4.78 is 12.9. The monoisotopic (exact) mass is 354 g/mol. The lowest BCUT2D eigenvalue weighted by atomic mass is 10.1. The molecule has 7 heteroatoms. The van der Waals surface area contributed by atoms with Crippen molar-refractivity contribution in [1.82, 2.24) is 20.4 Å². The molecule has 3 aromatic rings. The van der Waals surface area contributed by atoms with E-state index in [9.17, 15) is 14.0 Å². The second kappa shape index (κ2) is 7.77. The van der Waals surface area contributed by atoms with Crippen LogP contribution < -0.4 is 5.32 Å². The molecule has 0 radical (unpaired) electrons. The van der Waals surface area contributed by atoms with E-state index < -0.39 is 0 Å². The van der Waals surface area contributed by atoms with Gasteiger partial charge in [0.1, 0.15) is 5.82 Å². The van der Waals surface area contributed by atoms with Crippen LogP contribution in [0.2, 0.25) is 0 Å². The van der Waals surface area contributed by atoms with Crippen molar-refractivity contribution in [2.45, 2.75) is 13.5 Å². The number of carbonyl (C=O) groups excluding carboxylic acids is 2. The van der Waals surface area contributed by atoms with E-state index in [1.165, 1.54) is 17.0 Å². The Labute approximate surface area is 150 Å². The normalized spacial score (nSPS) is 10.7. The minimum atomic E-state index is -0.323. The summed E-state index contributed by atoms with van der Waals surface area (Å²) in [6.45, 7) is 2.44. The number of nitrogens with one attached hydrogen (secondary N) is 2. The molecule has 0 fully saturated rings. The summed E-state index contributed by atoms with van der Waals surface area (Å²) >= 11 is 0. The number of amides is 2. The van der Waals surface area contributed by atoms with E-state index in [1.54, 1.807) is 30.5 Å². The highest BCUT2D eigenvalue weighted by Crippen LogP contribution is 2.17. The summed E-state index contributed by atoms with van der Waals surface area (Å²) in [6, 6.07) is 11.3. The van der Waals surface area contributed by atoms with Crippen molar-refractivity contribution in [2.24, 2.45) is 0 Å². The van der Waals surface area contributed by atoms with E-state index >= 15 is 0 Å². The number of aromatic amines is 1. The molecule has 0 atom stereocenters. The number of likely N-dealkylation sites (N-methyl/N-ethyl adjacent to an activating group) is 1. The van der Waals surface area contributed by atoms with Crippen LogP contribution in [0, 0.1) is 5.82 Å². The van der Waals surface area contributed by atoms with Crippen molar-refractivity contribution in [2.75, 3.05) is 13.1 Å². The number of benzene rings is 2. The number of rotatable bonds is 6. The predicted molar refractivity (Wildman–Crippen MR) is 95.9 cm³/mol. The molecule has 0 saturated carbocycles. The maximum absolute atomic E-state index is 12.9.